The normalized spacial score (nSPS) is 14.3. The molecule has 2 heterocycles. The zero-order valence-electron chi connectivity index (χ0n) is 16.7. The van der Waals surface area contributed by atoms with Gasteiger partial charge in [-0.1, -0.05) is 23.7 Å². The Morgan fingerprint density at radius 2 is 2.10 bits per heavy atom. The summed E-state index contributed by atoms with van der Waals surface area (Å²) in [5.41, 5.74) is 9.30. The highest BCUT2D eigenvalue weighted by Gasteiger charge is 2.15. The fourth-order valence-electron chi connectivity index (χ4n) is 2.63. The van der Waals surface area contributed by atoms with Crippen LogP contribution in [-0.2, 0) is 4.74 Å². The van der Waals surface area contributed by atoms with E-state index in [0.29, 0.717) is 49.5 Å². The number of ether oxygens (including phenoxy) is 2. The van der Waals surface area contributed by atoms with Crippen LogP contribution in [0.4, 0.5) is 11.6 Å². The highest BCUT2D eigenvalue weighted by molar-refractivity contribution is 6.30. The summed E-state index contributed by atoms with van der Waals surface area (Å²) in [6.07, 6.45) is 3.26. The van der Waals surface area contributed by atoms with Crippen molar-refractivity contribution < 1.29 is 9.47 Å². The Morgan fingerprint density at radius 3 is 2.84 bits per heavy atom. The number of halogens is 1. The van der Waals surface area contributed by atoms with E-state index in [1.165, 1.54) is 0 Å². The number of nitriles is 1. The average Bonchev–Trinajstić information content (AvgIpc) is 2.79. The van der Waals surface area contributed by atoms with Crippen molar-refractivity contribution in [2.24, 2.45) is 15.8 Å². The van der Waals surface area contributed by atoms with Crippen molar-refractivity contribution in [3.63, 3.8) is 0 Å². The van der Waals surface area contributed by atoms with Gasteiger partial charge in [0.15, 0.2) is 5.82 Å². The van der Waals surface area contributed by atoms with Crippen molar-refractivity contribution in [2.75, 3.05) is 49.8 Å². The van der Waals surface area contributed by atoms with Crippen LogP contribution in [0.25, 0.3) is 0 Å². The number of aromatic nitrogens is 2. The molecule has 0 atom stereocenters. The summed E-state index contributed by atoms with van der Waals surface area (Å²) in [6.45, 7) is 3.23. The van der Waals surface area contributed by atoms with Gasteiger partial charge in [-0.2, -0.15) is 20.3 Å². The SMILES string of the molecule is N#CN=C(N)NCCOc1nc(NN=Cc2ccc(Cl)cc2)cc(N2CCOCC2)n1. The fourth-order valence-corrected chi connectivity index (χ4v) is 2.75. The van der Waals surface area contributed by atoms with E-state index < -0.39 is 0 Å². The number of hydrogen-bond acceptors (Lipinski definition) is 9. The highest BCUT2D eigenvalue weighted by Crippen LogP contribution is 2.20. The van der Waals surface area contributed by atoms with Gasteiger partial charge < -0.3 is 25.4 Å². The zero-order valence-corrected chi connectivity index (χ0v) is 17.4. The Kier molecular flexibility index (Phi) is 8.21. The van der Waals surface area contributed by atoms with Crippen LogP contribution in [-0.4, -0.2) is 61.6 Å². The monoisotopic (exact) mass is 443 g/mol. The number of benzene rings is 1. The minimum Gasteiger partial charge on any atom is -0.461 e. The van der Waals surface area contributed by atoms with Crippen molar-refractivity contribution >= 4 is 35.4 Å². The second kappa shape index (κ2) is 11.5. The summed E-state index contributed by atoms with van der Waals surface area (Å²) >= 11 is 5.90. The predicted octanol–water partition coefficient (Wildman–Crippen LogP) is 1.18. The number of aliphatic imine (C=N–C) groups is 1. The molecule has 2 aromatic rings. The number of morpholine rings is 1. The van der Waals surface area contributed by atoms with Crippen molar-refractivity contribution in [3.8, 4) is 12.2 Å². The fraction of sp³-hybridized carbons (Fsp3) is 0.316. The van der Waals surface area contributed by atoms with Gasteiger partial charge in [-0.3, -0.25) is 5.43 Å². The lowest BCUT2D eigenvalue weighted by atomic mass is 10.2. The van der Waals surface area contributed by atoms with Gasteiger partial charge in [-0.15, -0.1) is 4.99 Å². The molecule has 162 valence electrons. The molecule has 1 aliphatic rings. The largest absolute Gasteiger partial charge is 0.461 e. The Labute approximate surface area is 184 Å². The number of hydrogen-bond donors (Lipinski definition) is 3. The minimum absolute atomic E-state index is 0.0213. The lowest BCUT2D eigenvalue weighted by Crippen LogP contribution is -2.37. The van der Waals surface area contributed by atoms with Gasteiger partial charge >= 0.3 is 6.01 Å². The van der Waals surface area contributed by atoms with Gasteiger partial charge in [0.2, 0.25) is 12.2 Å². The van der Waals surface area contributed by atoms with Gasteiger partial charge in [0.25, 0.3) is 0 Å². The maximum absolute atomic E-state index is 8.47. The average molecular weight is 444 g/mol. The van der Waals surface area contributed by atoms with Crippen molar-refractivity contribution in [1.29, 1.82) is 5.26 Å². The van der Waals surface area contributed by atoms with E-state index in [0.717, 1.165) is 5.56 Å². The second-order valence-electron chi connectivity index (χ2n) is 6.29. The molecule has 12 heteroatoms. The lowest BCUT2D eigenvalue weighted by molar-refractivity contribution is 0.122. The molecule has 0 spiro atoms. The van der Waals surface area contributed by atoms with Crippen LogP contribution in [0.3, 0.4) is 0 Å². The van der Waals surface area contributed by atoms with Crippen LogP contribution in [0.2, 0.25) is 5.02 Å². The maximum atomic E-state index is 8.47. The molecule has 0 unspecified atom stereocenters. The molecule has 0 saturated carbocycles. The third kappa shape index (κ3) is 7.29. The molecule has 1 saturated heterocycles. The molecular weight excluding hydrogens is 422 g/mol. The number of hydrazone groups is 1. The van der Waals surface area contributed by atoms with E-state index in [-0.39, 0.29) is 18.6 Å². The topological polar surface area (TPSA) is 146 Å². The first-order valence-corrected chi connectivity index (χ1v) is 9.87. The Balaban J connectivity index is 1.67. The molecule has 0 amide bonds. The van der Waals surface area contributed by atoms with Crippen LogP contribution >= 0.6 is 11.6 Å². The summed E-state index contributed by atoms with van der Waals surface area (Å²) in [5, 5.41) is 16.1. The first kappa shape index (κ1) is 22.1. The van der Waals surface area contributed by atoms with Crippen molar-refractivity contribution in [1.82, 2.24) is 15.3 Å². The number of nitrogens with two attached hydrogens (primary N) is 1. The van der Waals surface area contributed by atoms with Crippen LogP contribution in [0, 0.1) is 11.5 Å². The van der Waals surface area contributed by atoms with Gasteiger partial charge in [0, 0.05) is 24.2 Å². The zero-order chi connectivity index (χ0) is 21.9. The summed E-state index contributed by atoms with van der Waals surface area (Å²) in [5.74, 6) is 1.21. The number of rotatable bonds is 8. The Bertz CT molecular complexity index is 954. The first-order valence-electron chi connectivity index (χ1n) is 9.49. The van der Waals surface area contributed by atoms with Crippen LogP contribution in [0.15, 0.2) is 40.4 Å². The molecule has 0 aliphatic carbocycles. The molecule has 1 fully saturated rings. The van der Waals surface area contributed by atoms with Crippen molar-refractivity contribution in [3.05, 3.63) is 40.9 Å². The summed E-state index contributed by atoms with van der Waals surface area (Å²) in [7, 11) is 0. The molecular formula is C19H22ClN9O2. The molecule has 11 nitrogen and oxygen atoms in total. The van der Waals surface area contributed by atoms with Crippen LogP contribution in [0.1, 0.15) is 5.56 Å². The minimum atomic E-state index is 0.0213. The summed E-state index contributed by atoms with van der Waals surface area (Å²) in [6, 6.07) is 9.28. The molecule has 1 aromatic heterocycles. The maximum Gasteiger partial charge on any atom is 0.320 e. The van der Waals surface area contributed by atoms with E-state index >= 15 is 0 Å². The number of nitrogens with zero attached hydrogens (tertiary/aromatic N) is 6. The second-order valence-corrected chi connectivity index (χ2v) is 6.72. The first-order chi connectivity index (χ1) is 15.1. The van der Waals surface area contributed by atoms with Gasteiger partial charge in [0.05, 0.1) is 26.0 Å². The van der Waals surface area contributed by atoms with Crippen LogP contribution < -0.4 is 26.1 Å². The number of nitrogens with one attached hydrogen (secondary N) is 2. The lowest BCUT2D eigenvalue weighted by Gasteiger charge is -2.28. The molecule has 4 N–H and O–H groups in total. The molecule has 3 rings (SSSR count). The van der Waals surface area contributed by atoms with Gasteiger partial charge in [-0.05, 0) is 17.7 Å². The van der Waals surface area contributed by atoms with Crippen molar-refractivity contribution in [2.45, 2.75) is 0 Å². The Hall–Kier alpha value is -3.62. The summed E-state index contributed by atoms with van der Waals surface area (Å²) < 4.78 is 11.0. The third-order valence-electron chi connectivity index (χ3n) is 4.10. The molecule has 1 aromatic carbocycles. The quantitative estimate of drug-likeness (QED) is 0.180. The number of guanidine groups is 1. The highest BCUT2D eigenvalue weighted by atomic mass is 35.5. The van der Waals surface area contributed by atoms with Gasteiger partial charge in [-0.25, -0.2) is 0 Å². The molecule has 31 heavy (non-hydrogen) atoms. The van der Waals surface area contributed by atoms with Crippen LogP contribution in [0.5, 0.6) is 6.01 Å². The Morgan fingerprint density at radius 1 is 1.32 bits per heavy atom. The molecule has 1 aliphatic heterocycles. The smallest absolute Gasteiger partial charge is 0.320 e. The molecule has 0 bridgehead atoms. The van der Waals surface area contributed by atoms with E-state index in [9.17, 15) is 0 Å². The number of anilines is 2. The van der Waals surface area contributed by atoms with E-state index in [1.807, 2.05) is 12.1 Å². The van der Waals surface area contributed by atoms with E-state index in [2.05, 4.69) is 35.7 Å². The van der Waals surface area contributed by atoms with Gasteiger partial charge in [0.1, 0.15) is 12.4 Å². The van der Waals surface area contributed by atoms with E-state index in [1.54, 1.807) is 30.6 Å². The third-order valence-corrected chi connectivity index (χ3v) is 4.35. The predicted molar refractivity (Wildman–Crippen MR) is 118 cm³/mol. The molecule has 0 radical (unpaired) electrons. The summed E-state index contributed by atoms with van der Waals surface area (Å²) in [4.78, 5) is 14.3. The standard InChI is InChI=1S/C19H22ClN9O2/c20-15-3-1-14(2-4-15)12-25-28-16-11-17(29-6-9-30-10-7-29)27-19(26-16)31-8-5-23-18(22)24-13-21/h1-4,11-12H,5-10H2,(H3,22,23,24)(H,26,27,28). The van der Waals surface area contributed by atoms with E-state index in [4.69, 9.17) is 32.1 Å².